The van der Waals surface area contributed by atoms with Gasteiger partial charge in [-0.3, -0.25) is 19.3 Å². The van der Waals surface area contributed by atoms with Crippen LogP contribution in [0.25, 0.3) is 11.1 Å². The molecule has 1 saturated heterocycles. The zero-order chi connectivity index (χ0) is 25.9. The maximum atomic E-state index is 13.3. The Morgan fingerprint density at radius 1 is 1.05 bits per heavy atom. The normalized spacial score (nSPS) is 19.9. The topological polar surface area (TPSA) is 85.1 Å². The third kappa shape index (κ3) is 5.78. The minimum atomic E-state index is 0.0333. The van der Waals surface area contributed by atoms with Crippen LogP contribution in [0.3, 0.4) is 0 Å². The Morgan fingerprint density at radius 2 is 1.81 bits per heavy atom. The Labute approximate surface area is 218 Å². The van der Waals surface area contributed by atoms with E-state index < -0.39 is 0 Å². The molecule has 8 heteroatoms. The predicted molar refractivity (Wildman–Crippen MR) is 146 cm³/mol. The minimum absolute atomic E-state index is 0.0333. The van der Waals surface area contributed by atoms with Crippen molar-refractivity contribution in [3.63, 3.8) is 0 Å². The van der Waals surface area contributed by atoms with Crippen LogP contribution in [0.1, 0.15) is 74.3 Å². The molecule has 0 aromatic carbocycles. The number of likely N-dealkylation sites (tertiary alicyclic amines) is 1. The van der Waals surface area contributed by atoms with Gasteiger partial charge in [0.15, 0.2) is 0 Å². The van der Waals surface area contributed by atoms with Gasteiger partial charge in [-0.05, 0) is 68.1 Å². The van der Waals surface area contributed by atoms with Crippen LogP contribution in [0, 0.1) is 5.92 Å². The fraction of sp³-hybridized carbons (Fsp3) is 0.517. The number of aromatic nitrogens is 4. The maximum absolute atomic E-state index is 13.3. The van der Waals surface area contributed by atoms with E-state index in [1.807, 2.05) is 53.4 Å². The first-order valence-electron chi connectivity index (χ1n) is 13.6. The van der Waals surface area contributed by atoms with E-state index >= 15 is 0 Å². The quantitative estimate of drug-likeness (QED) is 0.507. The van der Waals surface area contributed by atoms with E-state index in [0.717, 1.165) is 62.7 Å². The summed E-state index contributed by atoms with van der Waals surface area (Å²) in [7, 11) is 1.90. The van der Waals surface area contributed by atoms with Crippen molar-refractivity contribution in [2.24, 2.45) is 13.0 Å². The molecule has 2 aliphatic rings. The lowest BCUT2D eigenvalue weighted by Gasteiger charge is -2.30. The van der Waals surface area contributed by atoms with Gasteiger partial charge in [0.25, 0.3) is 11.5 Å². The van der Waals surface area contributed by atoms with Crippen LogP contribution >= 0.6 is 0 Å². The van der Waals surface area contributed by atoms with Gasteiger partial charge in [-0.1, -0.05) is 19.9 Å². The molecule has 1 aliphatic carbocycles. The number of carbonyl (C=O) groups excluding carboxylic acids is 1. The molecule has 0 spiro atoms. The van der Waals surface area contributed by atoms with Crippen LogP contribution < -0.4 is 10.9 Å². The molecule has 0 atom stereocenters. The second-order valence-electron chi connectivity index (χ2n) is 11.1. The van der Waals surface area contributed by atoms with Crippen molar-refractivity contribution in [1.29, 1.82) is 0 Å². The van der Waals surface area contributed by atoms with Crippen LogP contribution in [-0.4, -0.2) is 49.3 Å². The van der Waals surface area contributed by atoms with Crippen molar-refractivity contribution in [1.82, 2.24) is 24.2 Å². The highest BCUT2D eigenvalue weighted by molar-refractivity contribution is 5.92. The smallest absolute Gasteiger partial charge is 0.273 e. The second-order valence-corrected chi connectivity index (χ2v) is 11.1. The van der Waals surface area contributed by atoms with E-state index in [-0.39, 0.29) is 17.5 Å². The van der Waals surface area contributed by atoms with Crippen molar-refractivity contribution in [2.45, 2.75) is 70.9 Å². The van der Waals surface area contributed by atoms with E-state index in [4.69, 9.17) is 0 Å². The number of pyridine rings is 2. The summed E-state index contributed by atoms with van der Waals surface area (Å²) in [6.07, 6.45) is 13.9. The van der Waals surface area contributed by atoms with Gasteiger partial charge in [0.1, 0.15) is 11.4 Å². The number of anilines is 1. The van der Waals surface area contributed by atoms with Crippen LogP contribution in [-0.2, 0) is 13.6 Å². The first kappa shape index (κ1) is 25.2. The van der Waals surface area contributed by atoms with Gasteiger partial charge in [-0.15, -0.1) is 0 Å². The zero-order valence-electron chi connectivity index (χ0n) is 22.2. The molecule has 4 heterocycles. The number of hydrogen-bond acceptors (Lipinski definition) is 5. The molecule has 37 heavy (non-hydrogen) atoms. The molecule has 3 aromatic heterocycles. The molecule has 0 unspecified atom stereocenters. The summed E-state index contributed by atoms with van der Waals surface area (Å²) in [5.74, 6) is 0.852. The fourth-order valence-corrected chi connectivity index (χ4v) is 5.64. The Kier molecular flexibility index (Phi) is 7.44. The molecule has 1 aliphatic heterocycles. The number of rotatable bonds is 7. The number of hydrogen-bond donors (Lipinski definition) is 1. The van der Waals surface area contributed by atoms with Crippen molar-refractivity contribution < 1.29 is 4.79 Å². The molecule has 0 radical (unpaired) electrons. The van der Waals surface area contributed by atoms with Crippen molar-refractivity contribution in [2.75, 3.05) is 18.4 Å². The third-order valence-electron chi connectivity index (χ3n) is 7.64. The number of nitrogens with one attached hydrogen (secondary N) is 1. The molecule has 3 aromatic rings. The average Bonchev–Trinajstić information content (AvgIpc) is 3.59. The van der Waals surface area contributed by atoms with Gasteiger partial charge in [0.2, 0.25) is 0 Å². The Balaban J connectivity index is 1.25. The number of amides is 1. The SMILES string of the molecule is CC(C)Cn1cc(-c2cnn(C)c2)cc(N[C@H]2CC[C@@H](c3ccc(C(=O)N4CCCC4)nc3)CC2)c1=O. The Morgan fingerprint density at radius 3 is 2.43 bits per heavy atom. The molecular formula is C29H38N6O2. The Bertz CT molecular complexity index is 1280. The van der Waals surface area contributed by atoms with Gasteiger partial charge in [-0.2, -0.15) is 5.10 Å². The monoisotopic (exact) mass is 502 g/mol. The van der Waals surface area contributed by atoms with E-state index in [0.29, 0.717) is 29.8 Å². The highest BCUT2D eigenvalue weighted by Crippen LogP contribution is 2.34. The summed E-state index contributed by atoms with van der Waals surface area (Å²) < 4.78 is 3.61. The summed E-state index contributed by atoms with van der Waals surface area (Å²) in [5.41, 5.74) is 4.45. The lowest BCUT2D eigenvalue weighted by atomic mass is 9.82. The van der Waals surface area contributed by atoms with E-state index in [2.05, 4.69) is 35.3 Å². The van der Waals surface area contributed by atoms with E-state index in [1.54, 1.807) is 4.68 Å². The molecule has 8 nitrogen and oxygen atoms in total. The number of nitrogens with zero attached hydrogens (tertiary/aromatic N) is 5. The number of carbonyl (C=O) groups is 1. The first-order valence-corrected chi connectivity index (χ1v) is 13.6. The summed E-state index contributed by atoms with van der Waals surface area (Å²) in [6.45, 7) is 6.61. The fourth-order valence-electron chi connectivity index (χ4n) is 5.64. The van der Waals surface area contributed by atoms with Gasteiger partial charge in [0.05, 0.1) is 6.20 Å². The maximum Gasteiger partial charge on any atom is 0.273 e. The summed E-state index contributed by atoms with van der Waals surface area (Å²) in [4.78, 5) is 32.3. The van der Waals surface area contributed by atoms with Gasteiger partial charge >= 0.3 is 0 Å². The van der Waals surface area contributed by atoms with Crippen LogP contribution in [0.5, 0.6) is 0 Å². The predicted octanol–water partition coefficient (Wildman–Crippen LogP) is 4.67. The molecule has 2 fully saturated rings. The molecule has 1 N–H and O–H groups in total. The van der Waals surface area contributed by atoms with Gasteiger partial charge in [-0.25, -0.2) is 0 Å². The average molecular weight is 503 g/mol. The van der Waals surface area contributed by atoms with E-state index in [1.165, 1.54) is 5.56 Å². The molecule has 5 rings (SSSR count). The lowest BCUT2D eigenvalue weighted by molar-refractivity contribution is 0.0787. The molecule has 0 bridgehead atoms. The van der Waals surface area contributed by atoms with Crippen molar-refractivity contribution >= 4 is 11.6 Å². The highest BCUT2D eigenvalue weighted by Gasteiger charge is 2.25. The zero-order valence-corrected chi connectivity index (χ0v) is 22.2. The highest BCUT2D eigenvalue weighted by atomic mass is 16.2. The minimum Gasteiger partial charge on any atom is -0.378 e. The molecule has 1 saturated carbocycles. The van der Waals surface area contributed by atoms with Crippen LogP contribution in [0.4, 0.5) is 5.69 Å². The Hall–Kier alpha value is -3.42. The van der Waals surface area contributed by atoms with Crippen LogP contribution in [0.15, 0.2) is 47.8 Å². The first-order chi connectivity index (χ1) is 17.9. The third-order valence-corrected chi connectivity index (χ3v) is 7.64. The summed E-state index contributed by atoms with van der Waals surface area (Å²) in [6, 6.07) is 6.20. The molecule has 1 amide bonds. The second kappa shape index (κ2) is 10.9. The largest absolute Gasteiger partial charge is 0.378 e. The van der Waals surface area contributed by atoms with Crippen LogP contribution in [0.2, 0.25) is 0 Å². The van der Waals surface area contributed by atoms with Crippen molar-refractivity contribution in [3.8, 4) is 11.1 Å². The van der Waals surface area contributed by atoms with Gasteiger partial charge < -0.3 is 14.8 Å². The summed E-state index contributed by atoms with van der Waals surface area (Å²) in [5, 5.41) is 7.89. The van der Waals surface area contributed by atoms with Crippen molar-refractivity contribution in [3.05, 3.63) is 64.6 Å². The molecule has 196 valence electrons. The molecular weight excluding hydrogens is 464 g/mol. The number of aryl methyl sites for hydroxylation is 1. The van der Waals surface area contributed by atoms with E-state index in [9.17, 15) is 9.59 Å². The summed E-state index contributed by atoms with van der Waals surface area (Å²) >= 11 is 0. The van der Waals surface area contributed by atoms with Gasteiger partial charge in [0, 0.05) is 62.4 Å². The standard InChI is InChI=1S/C29H38N6O2/c1-20(2)17-35-19-23(24-16-31-33(3)18-24)14-27(29(35)37)32-25-9-6-21(7-10-25)22-8-11-26(30-15-22)28(36)34-12-4-5-13-34/h8,11,14-16,18-21,25,32H,4-7,9-10,12-13,17H2,1-3H3/t21-,25+. The lowest BCUT2D eigenvalue weighted by Crippen LogP contribution is -2.31.